The van der Waals surface area contributed by atoms with Crippen molar-refractivity contribution in [2.24, 2.45) is 0 Å². The monoisotopic (exact) mass is 1080 g/mol. The first-order chi connectivity index (χ1) is 38.3. The summed E-state index contributed by atoms with van der Waals surface area (Å²) < 4.78 is 2.68. The van der Waals surface area contributed by atoms with Crippen molar-refractivity contribution in [3.05, 3.63) is 228 Å². The van der Waals surface area contributed by atoms with Crippen LogP contribution in [-0.4, -0.2) is 6.71 Å². The second-order valence-electron chi connectivity index (χ2n) is 28.0. The van der Waals surface area contributed by atoms with Crippen molar-refractivity contribution < 1.29 is 0 Å². The quantitative estimate of drug-likeness (QED) is 0.147. The highest BCUT2D eigenvalue weighted by Gasteiger charge is 2.46. The van der Waals surface area contributed by atoms with E-state index in [1.807, 2.05) is 11.3 Å². The summed E-state index contributed by atoms with van der Waals surface area (Å²) in [5, 5.41) is 1.31. The predicted octanol–water partition coefficient (Wildman–Crippen LogP) is 20.3. The lowest BCUT2D eigenvalue weighted by Gasteiger charge is -2.44. The summed E-state index contributed by atoms with van der Waals surface area (Å²) in [6.45, 7) is 34.7. The fourth-order valence-electron chi connectivity index (χ4n) is 12.3. The molecule has 0 saturated heterocycles. The van der Waals surface area contributed by atoms with Crippen LogP contribution in [0.15, 0.2) is 200 Å². The van der Waals surface area contributed by atoms with Crippen LogP contribution in [0.25, 0.3) is 32.3 Å². The van der Waals surface area contributed by atoms with E-state index in [1.165, 1.54) is 104 Å². The molecule has 0 bridgehead atoms. The molecule has 81 heavy (non-hydrogen) atoms. The van der Waals surface area contributed by atoms with Crippen LogP contribution in [0.4, 0.5) is 51.2 Å². The van der Waals surface area contributed by atoms with Crippen LogP contribution in [0.3, 0.4) is 0 Å². The maximum Gasteiger partial charge on any atom is 0.264 e. The van der Waals surface area contributed by atoms with Gasteiger partial charge in [0.2, 0.25) is 0 Å². The van der Waals surface area contributed by atoms with Crippen LogP contribution in [0.1, 0.15) is 132 Å². The smallest absolute Gasteiger partial charge is 0.264 e. The van der Waals surface area contributed by atoms with E-state index in [0.717, 1.165) is 22.7 Å². The van der Waals surface area contributed by atoms with Crippen molar-refractivity contribution in [2.45, 2.75) is 131 Å². The third kappa shape index (κ3) is 9.69. The molecule has 0 saturated carbocycles. The Hall–Kier alpha value is -7.60. The Bertz CT molecular complexity index is 4000. The number of hydrogen-bond acceptors (Lipinski definition) is 4. The van der Waals surface area contributed by atoms with Crippen LogP contribution in [0, 0.1) is 0 Å². The van der Waals surface area contributed by atoms with Crippen LogP contribution in [0.5, 0.6) is 0 Å². The molecule has 2 aliphatic rings. The summed E-state index contributed by atoms with van der Waals surface area (Å²) in [6.07, 6.45) is 0. The van der Waals surface area contributed by atoms with E-state index in [9.17, 15) is 0 Å². The molecule has 5 heteroatoms. The Balaban J connectivity index is 1.18. The van der Waals surface area contributed by atoms with Gasteiger partial charge in [0.15, 0.2) is 0 Å². The molecule has 10 aromatic rings. The highest BCUT2D eigenvalue weighted by Crippen LogP contribution is 2.52. The Kier molecular flexibility index (Phi) is 13.0. The van der Waals surface area contributed by atoms with E-state index >= 15 is 0 Å². The van der Waals surface area contributed by atoms with Crippen LogP contribution >= 0.6 is 11.3 Å². The van der Waals surface area contributed by atoms with Crippen molar-refractivity contribution in [3.63, 3.8) is 0 Å². The van der Waals surface area contributed by atoms with E-state index < -0.39 is 0 Å². The van der Waals surface area contributed by atoms with Crippen molar-refractivity contribution in [1.82, 2.24) is 0 Å². The van der Waals surface area contributed by atoms with E-state index in [0.29, 0.717) is 0 Å². The van der Waals surface area contributed by atoms with E-state index in [4.69, 9.17) is 0 Å². The largest absolute Gasteiger partial charge is 0.311 e. The number of fused-ring (bicyclic) bond motifs is 6. The average molecular weight is 1080 g/mol. The summed E-state index contributed by atoms with van der Waals surface area (Å²) in [5.41, 5.74) is 24.4. The minimum absolute atomic E-state index is 0.00427. The standard InChI is InChI=1S/C76H78BN3S/c1-72(2,3)51-29-36-56(37-30-51)78(63-42-33-53(74(7,8)9)45-59(63)49-23-18-16-19-24-49)58-40-41-62-67(48-58)80(64-43-34-54(75(10,11)12)46-60(64)50-25-20-17-21-26-50)66-28-22-27-65-69(66)77(62)71-70(61-47-55(76(13,14)15)35-44-68(61)81-71)79(65)57-38-31-52(32-39-57)73(4,5)6/h16-48H,1-15H3. The number of rotatable bonds is 7. The first-order valence-electron chi connectivity index (χ1n) is 29.2. The minimum Gasteiger partial charge on any atom is -0.311 e. The summed E-state index contributed by atoms with van der Waals surface area (Å²) >= 11 is 1.97. The Morgan fingerprint density at radius 1 is 0.370 bits per heavy atom. The van der Waals surface area contributed by atoms with Gasteiger partial charge in [0.1, 0.15) is 0 Å². The molecule has 0 fully saturated rings. The molecular weight excluding hydrogens is 998 g/mol. The van der Waals surface area contributed by atoms with Gasteiger partial charge in [-0.3, -0.25) is 0 Å². The lowest BCUT2D eigenvalue weighted by molar-refractivity contribution is 0.590. The molecule has 0 N–H and O–H groups in total. The lowest BCUT2D eigenvalue weighted by atomic mass is 9.36. The topological polar surface area (TPSA) is 9.72 Å². The zero-order valence-electron chi connectivity index (χ0n) is 50.4. The summed E-state index contributed by atoms with van der Waals surface area (Å²) in [7, 11) is 0. The third-order valence-corrected chi connectivity index (χ3v) is 18.3. The molecular formula is C76H78BN3S. The molecule has 3 heterocycles. The molecule has 0 aliphatic carbocycles. The second kappa shape index (κ2) is 19.6. The maximum absolute atomic E-state index is 2.63. The van der Waals surface area contributed by atoms with Crippen molar-refractivity contribution >= 4 is 95.0 Å². The second-order valence-corrected chi connectivity index (χ2v) is 29.0. The highest BCUT2D eigenvalue weighted by molar-refractivity contribution is 7.33. The van der Waals surface area contributed by atoms with Gasteiger partial charge in [-0.25, -0.2) is 0 Å². The number of anilines is 9. The Morgan fingerprint density at radius 3 is 1.43 bits per heavy atom. The van der Waals surface area contributed by atoms with Crippen molar-refractivity contribution in [1.29, 1.82) is 0 Å². The van der Waals surface area contributed by atoms with Gasteiger partial charge in [0.25, 0.3) is 6.71 Å². The molecule has 0 unspecified atom stereocenters. The van der Waals surface area contributed by atoms with Crippen LogP contribution in [0.2, 0.25) is 0 Å². The molecule has 9 aromatic carbocycles. The molecule has 1 aromatic heterocycles. The number of nitrogens with zero attached hydrogens (tertiary/aromatic N) is 3. The molecule has 12 rings (SSSR count). The highest BCUT2D eigenvalue weighted by atomic mass is 32.1. The molecule has 3 nitrogen and oxygen atoms in total. The maximum atomic E-state index is 2.63. The van der Waals surface area contributed by atoms with Crippen molar-refractivity contribution in [2.75, 3.05) is 14.7 Å². The zero-order valence-corrected chi connectivity index (χ0v) is 51.2. The van der Waals surface area contributed by atoms with E-state index in [1.54, 1.807) is 0 Å². The Morgan fingerprint density at radius 2 is 0.852 bits per heavy atom. The lowest BCUT2D eigenvalue weighted by Crippen LogP contribution is -2.60. The molecule has 2 aliphatic heterocycles. The zero-order chi connectivity index (χ0) is 57.1. The van der Waals surface area contributed by atoms with Gasteiger partial charge in [-0.05, 0) is 162 Å². The fraction of sp³-hybridized carbons (Fsp3) is 0.263. The van der Waals surface area contributed by atoms with Crippen molar-refractivity contribution in [3.8, 4) is 22.3 Å². The first kappa shape index (κ1) is 54.0. The first-order valence-corrected chi connectivity index (χ1v) is 30.0. The van der Waals surface area contributed by atoms with E-state index in [-0.39, 0.29) is 33.8 Å². The van der Waals surface area contributed by atoms with Gasteiger partial charge in [0, 0.05) is 60.1 Å². The summed E-state index contributed by atoms with van der Waals surface area (Å²) in [5.74, 6) is 0. The van der Waals surface area contributed by atoms with Crippen LogP contribution < -0.4 is 30.4 Å². The van der Waals surface area contributed by atoms with E-state index in [2.05, 4.69) is 319 Å². The summed E-state index contributed by atoms with van der Waals surface area (Å²) in [6, 6.07) is 77.0. The molecule has 406 valence electrons. The molecule has 0 atom stereocenters. The number of hydrogen-bond donors (Lipinski definition) is 0. The van der Waals surface area contributed by atoms with Gasteiger partial charge >= 0.3 is 0 Å². The molecule has 0 radical (unpaired) electrons. The van der Waals surface area contributed by atoms with Gasteiger partial charge in [-0.1, -0.05) is 219 Å². The molecule has 0 spiro atoms. The SMILES string of the molecule is CC(C)(C)c1ccc(N(c2ccc3c(c2)N(c2ccc(C(C)(C)C)cc2-c2ccccc2)c2cccc4c2B3c2sc3ccc(C(C)(C)C)cc3c2N4c2ccc(C(C)(C)C)cc2)c2ccc(C(C)(C)C)cc2-c2ccccc2)cc1. The van der Waals surface area contributed by atoms with Gasteiger partial charge in [0.05, 0.1) is 17.1 Å². The number of benzene rings is 9. The predicted molar refractivity (Wildman–Crippen MR) is 355 cm³/mol. The van der Waals surface area contributed by atoms with Gasteiger partial charge in [-0.2, -0.15) is 0 Å². The minimum atomic E-state index is -0.0679. The fourth-order valence-corrected chi connectivity index (χ4v) is 13.6. The van der Waals surface area contributed by atoms with Gasteiger partial charge in [-0.15, -0.1) is 11.3 Å². The van der Waals surface area contributed by atoms with Crippen LogP contribution in [-0.2, 0) is 27.1 Å². The average Bonchev–Trinajstić information content (AvgIpc) is 3.19. The normalized spacial score (nSPS) is 13.5. The van der Waals surface area contributed by atoms with Gasteiger partial charge < -0.3 is 14.7 Å². The third-order valence-electron chi connectivity index (χ3n) is 17.1. The Labute approximate surface area is 488 Å². The molecule has 0 amide bonds. The summed E-state index contributed by atoms with van der Waals surface area (Å²) in [4.78, 5) is 7.76. The number of thiophene rings is 1.